The summed E-state index contributed by atoms with van der Waals surface area (Å²) in [5.41, 5.74) is 0. The number of carbonyl (C=O) groups excluding carboxylic acids is 2. The van der Waals surface area contributed by atoms with Gasteiger partial charge in [-0.2, -0.15) is 0 Å². The molecule has 2 unspecified atom stereocenters. The number of esters is 2. The van der Waals surface area contributed by atoms with Gasteiger partial charge in [-0.05, 0) is 6.42 Å². The van der Waals surface area contributed by atoms with Crippen molar-refractivity contribution in [1.82, 2.24) is 0 Å². The Labute approximate surface area is 128 Å². The summed E-state index contributed by atoms with van der Waals surface area (Å²) in [6.07, 6.45) is 0.771. The summed E-state index contributed by atoms with van der Waals surface area (Å²) in [5.74, 6) is -2.35. The molecular weight excluding hydrogens is 300 g/mol. The topological polar surface area (TPSA) is 136 Å². The molecule has 2 atom stereocenters. The number of rotatable bonds is 3. The third-order valence-corrected chi connectivity index (χ3v) is 1.84. The normalized spacial score (nSPS) is 18.7. The summed E-state index contributed by atoms with van der Waals surface area (Å²) in [4.78, 5) is 39.1. The van der Waals surface area contributed by atoms with Crippen molar-refractivity contribution in [3.05, 3.63) is 0 Å². The van der Waals surface area contributed by atoms with Crippen LogP contribution in [-0.4, -0.2) is 53.1 Å². The van der Waals surface area contributed by atoms with Crippen molar-refractivity contribution in [1.29, 1.82) is 0 Å². The molecule has 2 N–H and O–H groups in total. The highest BCUT2D eigenvalue weighted by molar-refractivity contribution is 5.66. The van der Waals surface area contributed by atoms with E-state index >= 15 is 0 Å². The van der Waals surface area contributed by atoms with Crippen molar-refractivity contribution in [3.8, 4) is 0 Å². The van der Waals surface area contributed by atoms with Crippen LogP contribution >= 0.6 is 0 Å². The molecule has 9 heteroatoms. The molecule has 0 aromatic rings. The predicted molar refractivity (Wildman–Crippen MR) is 72.9 cm³/mol. The molecule has 1 saturated heterocycles. The molecule has 0 bridgehead atoms. The van der Waals surface area contributed by atoms with Gasteiger partial charge in [0.1, 0.15) is 6.61 Å². The van der Waals surface area contributed by atoms with Crippen LogP contribution in [0.5, 0.6) is 0 Å². The second-order valence-corrected chi connectivity index (χ2v) is 4.22. The van der Waals surface area contributed by atoms with Crippen LogP contribution in [0.1, 0.15) is 40.5 Å². The van der Waals surface area contributed by atoms with Crippen molar-refractivity contribution in [3.63, 3.8) is 0 Å². The lowest BCUT2D eigenvalue weighted by Crippen LogP contribution is -2.21. The first-order chi connectivity index (χ1) is 10.0. The van der Waals surface area contributed by atoms with Crippen LogP contribution in [0.15, 0.2) is 0 Å². The van der Waals surface area contributed by atoms with Gasteiger partial charge in [-0.1, -0.05) is 0 Å². The quantitative estimate of drug-likeness (QED) is 0.722. The van der Waals surface area contributed by atoms with Gasteiger partial charge in [0.15, 0.2) is 0 Å². The maximum atomic E-state index is 10.6. The van der Waals surface area contributed by atoms with Gasteiger partial charge in [-0.15, -0.1) is 0 Å². The Balaban J connectivity index is 0. The molecule has 1 rings (SSSR count). The van der Waals surface area contributed by atoms with Crippen molar-refractivity contribution in [2.45, 2.75) is 52.9 Å². The van der Waals surface area contributed by atoms with Crippen LogP contribution in [0.2, 0.25) is 0 Å². The van der Waals surface area contributed by atoms with E-state index in [2.05, 4.69) is 0 Å². The van der Waals surface area contributed by atoms with Gasteiger partial charge in [0.25, 0.3) is 11.9 Å². The zero-order valence-electron chi connectivity index (χ0n) is 13.0. The zero-order chi connectivity index (χ0) is 17.7. The number of carboxylic acid groups (broad SMARTS) is 2. The van der Waals surface area contributed by atoms with Gasteiger partial charge in [-0.25, -0.2) is 0 Å². The van der Waals surface area contributed by atoms with Crippen LogP contribution < -0.4 is 0 Å². The largest absolute Gasteiger partial charge is 0.481 e. The molecule has 128 valence electrons. The molecule has 0 aliphatic carbocycles. The summed E-state index contributed by atoms with van der Waals surface area (Å²) in [6, 6.07) is 0. The van der Waals surface area contributed by atoms with E-state index in [4.69, 9.17) is 34.0 Å². The summed E-state index contributed by atoms with van der Waals surface area (Å²) < 4.78 is 14.9. The third-order valence-electron chi connectivity index (χ3n) is 1.84. The van der Waals surface area contributed by atoms with Crippen molar-refractivity contribution in [2.24, 2.45) is 0 Å². The molecular formula is C13H22O9. The SMILES string of the molecule is CC(=O)O.CC(=O)O.CC(=O)OCC1CCC(OC(C)=O)O1. The van der Waals surface area contributed by atoms with Crippen LogP contribution in [0.3, 0.4) is 0 Å². The van der Waals surface area contributed by atoms with Crippen LogP contribution in [0.4, 0.5) is 0 Å². The highest BCUT2D eigenvalue weighted by atomic mass is 16.7. The van der Waals surface area contributed by atoms with E-state index in [1.54, 1.807) is 0 Å². The fourth-order valence-electron chi connectivity index (χ4n) is 1.28. The second kappa shape index (κ2) is 12.6. The van der Waals surface area contributed by atoms with Crippen LogP contribution in [0.25, 0.3) is 0 Å². The molecule has 1 aliphatic heterocycles. The van der Waals surface area contributed by atoms with E-state index in [-0.39, 0.29) is 24.6 Å². The first-order valence-corrected chi connectivity index (χ1v) is 6.39. The predicted octanol–water partition coefficient (Wildman–Crippen LogP) is 0.799. The van der Waals surface area contributed by atoms with E-state index in [9.17, 15) is 9.59 Å². The Morgan fingerprint density at radius 1 is 0.955 bits per heavy atom. The number of hydrogen-bond acceptors (Lipinski definition) is 7. The molecule has 1 fully saturated rings. The van der Waals surface area contributed by atoms with Gasteiger partial charge in [0.2, 0.25) is 6.29 Å². The standard InChI is InChI=1S/C9H14O5.2C2H4O2/c1-6(10)12-5-8-3-4-9(14-8)13-7(2)11;2*1-2(3)4/h8-9H,3-5H2,1-2H3;2*1H3,(H,3,4). The average Bonchev–Trinajstić information content (AvgIpc) is 2.71. The molecule has 1 aliphatic rings. The summed E-state index contributed by atoms with van der Waals surface area (Å²) in [7, 11) is 0. The lowest BCUT2D eigenvalue weighted by molar-refractivity contribution is -0.177. The minimum atomic E-state index is -0.833. The van der Waals surface area contributed by atoms with E-state index in [1.807, 2.05) is 0 Å². The van der Waals surface area contributed by atoms with Gasteiger partial charge < -0.3 is 24.4 Å². The van der Waals surface area contributed by atoms with Gasteiger partial charge >= 0.3 is 11.9 Å². The maximum Gasteiger partial charge on any atom is 0.304 e. The van der Waals surface area contributed by atoms with Crippen molar-refractivity contribution < 1.29 is 43.6 Å². The van der Waals surface area contributed by atoms with E-state index < -0.39 is 18.2 Å². The fraction of sp³-hybridized carbons (Fsp3) is 0.692. The van der Waals surface area contributed by atoms with Gasteiger partial charge in [0, 0.05) is 34.1 Å². The number of ether oxygens (including phenoxy) is 3. The molecule has 22 heavy (non-hydrogen) atoms. The molecule has 1 heterocycles. The number of carbonyl (C=O) groups is 4. The third kappa shape index (κ3) is 20.2. The van der Waals surface area contributed by atoms with Crippen LogP contribution in [-0.2, 0) is 33.4 Å². The highest BCUT2D eigenvalue weighted by Gasteiger charge is 2.27. The van der Waals surface area contributed by atoms with E-state index in [0.29, 0.717) is 6.42 Å². The van der Waals surface area contributed by atoms with E-state index in [1.165, 1.54) is 13.8 Å². The smallest absolute Gasteiger partial charge is 0.304 e. The second-order valence-electron chi connectivity index (χ2n) is 4.22. The van der Waals surface area contributed by atoms with Gasteiger partial charge in [-0.3, -0.25) is 19.2 Å². The average molecular weight is 322 g/mol. The van der Waals surface area contributed by atoms with Gasteiger partial charge in [0.05, 0.1) is 6.10 Å². The first kappa shape index (κ1) is 22.1. The van der Waals surface area contributed by atoms with Crippen molar-refractivity contribution >= 4 is 23.9 Å². The molecule has 0 aromatic heterocycles. The molecule has 0 saturated carbocycles. The molecule has 0 amide bonds. The summed E-state index contributed by atoms with van der Waals surface area (Å²) >= 11 is 0. The molecule has 0 spiro atoms. The Bertz CT molecular complexity index is 358. The van der Waals surface area contributed by atoms with Crippen molar-refractivity contribution in [2.75, 3.05) is 6.61 Å². The number of aliphatic carboxylic acids is 2. The molecule has 0 aromatic carbocycles. The number of carboxylic acids is 2. The molecule has 0 radical (unpaired) electrons. The highest BCUT2D eigenvalue weighted by Crippen LogP contribution is 2.20. The molecule has 9 nitrogen and oxygen atoms in total. The minimum Gasteiger partial charge on any atom is -0.481 e. The first-order valence-electron chi connectivity index (χ1n) is 6.39. The Morgan fingerprint density at radius 2 is 1.41 bits per heavy atom. The summed E-state index contributed by atoms with van der Waals surface area (Å²) in [5, 5.41) is 14.8. The fourth-order valence-corrected chi connectivity index (χ4v) is 1.28. The monoisotopic (exact) mass is 322 g/mol. The zero-order valence-corrected chi connectivity index (χ0v) is 13.0. The Kier molecular flexibility index (Phi) is 12.6. The van der Waals surface area contributed by atoms with Crippen LogP contribution in [0, 0.1) is 0 Å². The van der Waals surface area contributed by atoms with E-state index in [0.717, 1.165) is 20.3 Å². The Morgan fingerprint density at radius 3 is 1.77 bits per heavy atom. The Hall–Kier alpha value is -2.16. The lowest BCUT2D eigenvalue weighted by Gasteiger charge is -2.12. The summed E-state index contributed by atoms with van der Waals surface area (Å²) in [6.45, 7) is 5.08. The maximum absolute atomic E-state index is 10.6. The minimum absolute atomic E-state index is 0.150. The lowest BCUT2D eigenvalue weighted by atomic mass is 10.2. The number of hydrogen-bond donors (Lipinski definition) is 2.